The molecule has 9 rings (SSSR count). The first kappa shape index (κ1) is 42.7. The second-order valence-corrected chi connectivity index (χ2v) is 16.3. The van der Waals surface area contributed by atoms with Crippen LogP contribution in [0.25, 0.3) is 22.3 Å². The molecular weight excluding hydrogens is 767 g/mol. The first-order valence-corrected chi connectivity index (χ1v) is 20.8. The van der Waals surface area contributed by atoms with Gasteiger partial charge in [0.15, 0.2) is 0 Å². The highest BCUT2D eigenvalue weighted by atomic mass is 35.5. The van der Waals surface area contributed by atoms with Crippen molar-refractivity contribution >= 4 is 58.3 Å². The molecule has 1 aliphatic heterocycles. The van der Waals surface area contributed by atoms with Gasteiger partial charge in [0.25, 0.3) is 0 Å². The molecule has 0 spiro atoms. The van der Waals surface area contributed by atoms with Crippen LogP contribution in [0.1, 0.15) is 35.1 Å². The van der Waals surface area contributed by atoms with Crippen LogP contribution in [0.5, 0.6) is 0 Å². The fourth-order valence-electron chi connectivity index (χ4n) is 7.26. The lowest BCUT2D eigenvalue weighted by atomic mass is 9.78. The largest absolute Gasteiger partial charge is 0.494 e. The van der Waals surface area contributed by atoms with Crippen molar-refractivity contribution in [2.45, 2.75) is 46.3 Å². The summed E-state index contributed by atoms with van der Waals surface area (Å²) in [6, 6.07) is 75.5. The van der Waals surface area contributed by atoms with Gasteiger partial charge in [0.1, 0.15) is 0 Å². The zero-order valence-electron chi connectivity index (χ0n) is 34.5. The number of nitrogens with zero attached hydrogens (tertiary/aromatic N) is 2. The van der Waals surface area contributed by atoms with E-state index in [4.69, 9.17) is 20.9 Å². The fraction of sp³-hybridized carbons (Fsp3) is 0.127. The van der Waals surface area contributed by atoms with E-state index in [2.05, 4.69) is 207 Å². The molecule has 0 amide bonds. The molecule has 61 heavy (non-hydrogen) atoms. The predicted molar refractivity (Wildman–Crippen MR) is 261 cm³/mol. The number of rotatable bonds is 9. The average molecular weight is 819 g/mol. The van der Waals surface area contributed by atoms with Gasteiger partial charge in [-0.05, 0) is 140 Å². The standard InChI is InChI=1S/C30H30BNO2.C24H18ClN.CH4/c1-29(2)30(3,4)34-31(33-29)25-19-15-23(16-20-25)24-17-21-28(22-18-24)32(26-11-7-5-8-12-26)27-13-9-6-10-14-27;25-21-15-11-19(12-16-21)20-13-17-24(18-14-20)26(22-7-3-1-4-8-22)23-9-5-2-6-10-23;/h5-22H,1-4H3;1-18H;1H4. The summed E-state index contributed by atoms with van der Waals surface area (Å²) in [4.78, 5) is 4.52. The molecule has 8 aromatic rings. The third-order valence-corrected chi connectivity index (χ3v) is 11.5. The molecule has 1 heterocycles. The highest BCUT2D eigenvalue weighted by molar-refractivity contribution is 6.62. The van der Waals surface area contributed by atoms with E-state index < -0.39 is 0 Å². The summed E-state index contributed by atoms with van der Waals surface area (Å²) in [7, 11) is -0.341. The van der Waals surface area contributed by atoms with Gasteiger partial charge in [-0.15, -0.1) is 0 Å². The molecule has 1 saturated heterocycles. The maximum absolute atomic E-state index is 6.19. The van der Waals surface area contributed by atoms with Crippen molar-refractivity contribution in [2.24, 2.45) is 0 Å². The van der Waals surface area contributed by atoms with Gasteiger partial charge in [-0.1, -0.05) is 152 Å². The first-order valence-electron chi connectivity index (χ1n) is 20.4. The van der Waals surface area contributed by atoms with Gasteiger partial charge in [-0.3, -0.25) is 0 Å². The zero-order valence-corrected chi connectivity index (χ0v) is 35.2. The molecular formula is C55H52BClN2O2. The van der Waals surface area contributed by atoms with E-state index in [1.807, 2.05) is 48.5 Å². The smallest absolute Gasteiger partial charge is 0.399 e. The van der Waals surface area contributed by atoms with Crippen LogP contribution in [-0.2, 0) is 9.31 Å². The zero-order chi connectivity index (χ0) is 41.5. The minimum absolute atomic E-state index is 0. The Morgan fingerprint density at radius 3 is 0.885 bits per heavy atom. The van der Waals surface area contributed by atoms with Crippen molar-refractivity contribution in [3.8, 4) is 22.3 Å². The summed E-state index contributed by atoms with van der Waals surface area (Å²) in [5.74, 6) is 0. The Morgan fingerprint density at radius 1 is 0.344 bits per heavy atom. The number of halogens is 1. The monoisotopic (exact) mass is 818 g/mol. The van der Waals surface area contributed by atoms with Gasteiger partial charge in [-0.2, -0.15) is 0 Å². The van der Waals surface area contributed by atoms with Crippen molar-refractivity contribution in [3.63, 3.8) is 0 Å². The van der Waals surface area contributed by atoms with Gasteiger partial charge in [-0.25, -0.2) is 0 Å². The molecule has 0 unspecified atom stereocenters. The second kappa shape index (κ2) is 18.9. The number of benzene rings is 8. The van der Waals surface area contributed by atoms with Crippen LogP contribution in [0.2, 0.25) is 5.02 Å². The fourth-order valence-corrected chi connectivity index (χ4v) is 7.39. The molecule has 1 aliphatic rings. The van der Waals surface area contributed by atoms with E-state index >= 15 is 0 Å². The van der Waals surface area contributed by atoms with Crippen molar-refractivity contribution < 1.29 is 9.31 Å². The lowest BCUT2D eigenvalue weighted by Crippen LogP contribution is -2.41. The van der Waals surface area contributed by atoms with Crippen LogP contribution >= 0.6 is 11.6 Å². The van der Waals surface area contributed by atoms with Gasteiger partial charge in [0, 0.05) is 39.1 Å². The summed E-state index contributed by atoms with van der Waals surface area (Å²) in [6.07, 6.45) is 0. The lowest BCUT2D eigenvalue weighted by Gasteiger charge is -2.32. The highest BCUT2D eigenvalue weighted by Gasteiger charge is 2.51. The van der Waals surface area contributed by atoms with Crippen molar-refractivity contribution in [2.75, 3.05) is 9.80 Å². The number of para-hydroxylation sites is 4. The molecule has 0 N–H and O–H groups in total. The molecule has 0 aromatic heterocycles. The van der Waals surface area contributed by atoms with Crippen LogP contribution in [-0.4, -0.2) is 18.3 Å². The highest BCUT2D eigenvalue weighted by Crippen LogP contribution is 2.38. The third-order valence-electron chi connectivity index (χ3n) is 11.3. The van der Waals surface area contributed by atoms with E-state index in [1.165, 1.54) is 11.1 Å². The summed E-state index contributed by atoms with van der Waals surface area (Å²) in [5, 5.41) is 0.754. The molecule has 4 nitrogen and oxygen atoms in total. The quantitative estimate of drug-likeness (QED) is 0.135. The predicted octanol–water partition coefficient (Wildman–Crippen LogP) is 15.2. The van der Waals surface area contributed by atoms with Crippen molar-refractivity contribution in [1.82, 2.24) is 0 Å². The Morgan fingerprint density at radius 2 is 0.590 bits per heavy atom. The van der Waals surface area contributed by atoms with Crippen molar-refractivity contribution in [1.29, 1.82) is 0 Å². The first-order chi connectivity index (χ1) is 29.1. The maximum atomic E-state index is 6.19. The van der Waals surface area contributed by atoms with Crippen LogP contribution in [0.4, 0.5) is 34.1 Å². The van der Waals surface area contributed by atoms with E-state index in [0.29, 0.717) is 0 Å². The molecule has 8 aromatic carbocycles. The normalized spacial score (nSPS) is 13.6. The summed E-state index contributed by atoms with van der Waals surface area (Å²) in [5.41, 5.74) is 11.8. The number of anilines is 6. The van der Waals surface area contributed by atoms with Crippen molar-refractivity contribution in [3.05, 3.63) is 223 Å². The van der Waals surface area contributed by atoms with E-state index in [9.17, 15) is 0 Å². The summed E-state index contributed by atoms with van der Waals surface area (Å²) < 4.78 is 12.4. The molecule has 6 heteroatoms. The molecule has 0 radical (unpaired) electrons. The topological polar surface area (TPSA) is 24.9 Å². The Kier molecular flexibility index (Phi) is 13.3. The van der Waals surface area contributed by atoms with Crippen LogP contribution in [0.15, 0.2) is 218 Å². The number of hydrogen-bond acceptors (Lipinski definition) is 4. The van der Waals surface area contributed by atoms with Gasteiger partial charge < -0.3 is 19.1 Å². The SMILES string of the molecule is C.CC1(C)OB(c2ccc(-c3ccc(N(c4ccccc4)c4ccccc4)cc3)cc2)OC1(C)C.Clc1ccc(-c2ccc(N(c3ccccc3)c3ccccc3)cc2)cc1. The lowest BCUT2D eigenvalue weighted by molar-refractivity contribution is 0.00578. The van der Waals surface area contributed by atoms with E-state index in [-0.39, 0.29) is 25.7 Å². The Bertz CT molecular complexity index is 2480. The molecule has 0 saturated carbocycles. The van der Waals surface area contributed by atoms with Gasteiger partial charge >= 0.3 is 7.12 Å². The molecule has 0 bridgehead atoms. The van der Waals surface area contributed by atoms with Gasteiger partial charge in [0.05, 0.1) is 11.2 Å². The van der Waals surface area contributed by atoms with E-state index in [0.717, 1.165) is 55.7 Å². The molecule has 0 aliphatic carbocycles. The third kappa shape index (κ3) is 9.83. The van der Waals surface area contributed by atoms with E-state index in [1.54, 1.807) is 0 Å². The molecule has 304 valence electrons. The average Bonchev–Trinajstić information content (AvgIpc) is 3.52. The second-order valence-electron chi connectivity index (χ2n) is 15.8. The minimum atomic E-state index is -0.341. The maximum Gasteiger partial charge on any atom is 0.494 e. The van der Waals surface area contributed by atoms with Crippen LogP contribution in [0.3, 0.4) is 0 Å². The molecule has 0 atom stereocenters. The summed E-state index contributed by atoms with van der Waals surface area (Å²) in [6.45, 7) is 8.32. The summed E-state index contributed by atoms with van der Waals surface area (Å²) >= 11 is 5.99. The Balaban J connectivity index is 0.000000187. The minimum Gasteiger partial charge on any atom is -0.399 e. The van der Waals surface area contributed by atoms with Crippen LogP contribution < -0.4 is 15.3 Å². The number of hydrogen-bond donors (Lipinski definition) is 0. The molecule has 1 fully saturated rings. The Labute approximate surface area is 367 Å². The van der Waals surface area contributed by atoms with Crippen LogP contribution in [0, 0.1) is 0 Å². The Hall–Kier alpha value is -6.37. The van der Waals surface area contributed by atoms with Gasteiger partial charge in [0.2, 0.25) is 0 Å².